The molecule has 0 aliphatic carbocycles. The van der Waals surface area contributed by atoms with Crippen molar-refractivity contribution in [2.24, 2.45) is 0 Å². The Kier molecular flexibility index (Phi) is 3.54. The van der Waals surface area contributed by atoms with Gasteiger partial charge in [-0.05, 0) is 12.5 Å². The van der Waals surface area contributed by atoms with Crippen LogP contribution in [0.3, 0.4) is 0 Å². The van der Waals surface area contributed by atoms with E-state index < -0.39 is 0 Å². The van der Waals surface area contributed by atoms with Crippen LogP contribution in [0.15, 0.2) is 18.2 Å². The number of nitrogens with zero attached hydrogens (tertiary/aromatic N) is 1. The third-order valence-electron chi connectivity index (χ3n) is 3.04. The fraction of sp³-hybridized carbons (Fsp3) is 0.417. The summed E-state index contributed by atoms with van der Waals surface area (Å²) >= 11 is 5.81. The molecule has 1 unspecified atom stereocenters. The van der Waals surface area contributed by atoms with Crippen LogP contribution in [0.4, 0.5) is 0 Å². The average Bonchev–Trinajstić information content (AvgIpc) is 2.62. The number of likely N-dealkylation sites (N-methyl/N-ethyl adjacent to an activating group) is 1. The number of halogens is 1. The molecule has 0 saturated carbocycles. The van der Waals surface area contributed by atoms with Gasteiger partial charge in [0.05, 0.1) is 11.1 Å². The predicted molar refractivity (Wildman–Crippen MR) is 66.0 cm³/mol. The summed E-state index contributed by atoms with van der Waals surface area (Å²) < 4.78 is 0. The summed E-state index contributed by atoms with van der Waals surface area (Å²) in [7, 11) is 1.79. The van der Waals surface area contributed by atoms with Gasteiger partial charge in [-0.1, -0.05) is 23.7 Å². The second-order valence-electron chi connectivity index (χ2n) is 4.23. The number of hydrogen-bond acceptors (Lipinski definition) is 3. The Hall–Kier alpha value is -1.26. The maximum Gasteiger partial charge on any atom is 0.239 e. The summed E-state index contributed by atoms with van der Waals surface area (Å²) in [6.45, 7) is 1.22. The van der Waals surface area contributed by atoms with Crippen molar-refractivity contribution in [2.45, 2.75) is 19.0 Å². The lowest BCUT2D eigenvalue weighted by molar-refractivity contribution is -0.128. The summed E-state index contributed by atoms with van der Waals surface area (Å²) in [6.07, 6.45) is 0.802. The highest BCUT2D eigenvalue weighted by molar-refractivity contribution is 6.32. The van der Waals surface area contributed by atoms with Crippen LogP contribution in [0, 0.1) is 0 Å². The Morgan fingerprint density at radius 1 is 1.59 bits per heavy atom. The van der Waals surface area contributed by atoms with Gasteiger partial charge in [-0.15, -0.1) is 0 Å². The van der Waals surface area contributed by atoms with Crippen molar-refractivity contribution in [3.63, 3.8) is 0 Å². The molecule has 2 rings (SSSR count). The zero-order valence-corrected chi connectivity index (χ0v) is 10.4. The number of aromatic hydroxyl groups is 1. The predicted octanol–water partition coefficient (Wildman–Crippen LogP) is 1.37. The van der Waals surface area contributed by atoms with Crippen molar-refractivity contribution < 1.29 is 9.90 Å². The fourth-order valence-corrected chi connectivity index (χ4v) is 2.14. The Balaban J connectivity index is 1.99. The first kappa shape index (κ1) is 12.2. The van der Waals surface area contributed by atoms with E-state index in [4.69, 9.17) is 11.6 Å². The second-order valence-corrected chi connectivity index (χ2v) is 4.64. The number of phenolic OH excluding ortho intramolecular Hbond substituents is 1. The van der Waals surface area contributed by atoms with E-state index in [2.05, 4.69) is 5.32 Å². The SMILES string of the molecule is CN1CCC(NCc2cccc(Cl)c2O)C1=O. The number of likely N-dealkylation sites (tertiary alicyclic amines) is 1. The van der Waals surface area contributed by atoms with E-state index in [-0.39, 0.29) is 17.7 Å². The van der Waals surface area contributed by atoms with Crippen LogP contribution in [-0.2, 0) is 11.3 Å². The van der Waals surface area contributed by atoms with Crippen LogP contribution >= 0.6 is 11.6 Å². The van der Waals surface area contributed by atoms with Gasteiger partial charge in [0.2, 0.25) is 5.91 Å². The molecule has 2 N–H and O–H groups in total. The number of carbonyl (C=O) groups excluding carboxylic acids is 1. The number of benzene rings is 1. The topological polar surface area (TPSA) is 52.6 Å². The minimum atomic E-state index is -0.154. The number of hydrogen-bond donors (Lipinski definition) is 2. The number of carbonyl (C=O) groups is 1. The van der Waals surface area contributed by atoms with Crippen molar-refractivity contribution in [1.29, 1.82) is 0 Å². The van der Waals surface area contributed by atoms with E-state index >= 15 is 0 Å². The number of para-hydroxylation sites is 1. The monoisotopic (exact) mass is 254 g/mol. The molecular weight excluding hydrogens is 240 g/mol. The van der Waals surface area contributed by atoms with Crippen LogP contribution in [-0.4, -0.2) is 35.5 Å². The smallest absolute Gasteiger partial charge is 0.239 e. The Bertz CT molecular complexity index is 437. The summed E-state index contributed by atoms with van der Waals surface area (Å²) in [5, 5.41) is 13.2. The highest BCUT2D eigenvalue weighted by atomic mass is 35.5. The van der Waals surface area contributed by atoms with E-state index in [9.17, 15) is 9.90 Å². The van der Waals surface area contributed by atoms with Crippen LogP contribution in [0.25, 0.3) is 0 Å². The molecule has 92 valence electrons. The molecule has 1 aromatic rings. The number of rotatable bonds is 3. The molecule has 1 saturated heterocycles. The van der Waals surface area contributed by atoms with Gasteiger partial charge in [0.15, 0.2) is 0 Å². The van der Waals surface area contributed by atoms with E-state index in [0.29, 0.717) is 17.1 Å². The molecule has 1 heterocycles. The van der Waals surface area contributed by atoms with Gasteiger partial charge >= 0.3 is 0 Å². The van der Waals surface area contributed by atoms with E-state index in [1.54, 1.807) is 30.1 Å². The van der Waals surface area contributed by atoms with Crippen LogP contribution < -0.4 is 5.32 Å². The molecule has 17 heavy (non-hydrogen) atoms. The molecule has 1 atom stereocenters. The maximum atomic E-state index is 11.7. The third kappa shape index (κ3) is 2.53. The molecule has 1 aliphatic rings. The zero-order chi connectivity index (χ0) is 12.4. The summed E-state index contributed by atoms with van der Waals surface area (Å²) in [4.78, 5) is 13.4. The van der Waals surface area contributed by atoms with E-state index in [1.165, 1.54) is 0 Å². The maximum absolute atomic E-state index is 11.7. The van der Waals surface area contributed by atoms with Crippen LogP contribution in [0.2, 0.25) is 5.02 Å². The molecular formula is C12H15ClN2O2. The Labute approximate surface area is 105 Å². The highest BCUT2D eigenvalue weighted by Crippen LogP contribution is 2.26. The lowest BCUT2D eigenvalue weighted by Gasteiger charge is -2.13. The summed E-state index contributed by atoms with van der Waals surface area (Å²) in [5.74, 6) is 0.187. The van der Waals surface area contributed by atoms with Gasteiger partial charge < -0.3 is 15.3 Å². The zero-order valence-electron chi connectivity index (χ0n) is 9.61. The quantitative estimate of drug-likeness (QED) is 0.857. The molecule has 0 radical (unpaired) electrons. The first-order valence-corrected chi connectivity index (χ1v) is 5.92. The molecule has 0 spiro atoms. The Morgan fingerprint density at radius 2 is 2.35 bits per heavy atom. The second kappa shape index (κ2) is 4.94. The van der Waals surface area contributed by atoms with Gasteiger partial charge in [-0.3, -0.25) is 4.79 Å². The lowest BCUT2D eigenvalue weighted by atomic mass is 10.1. The molecule has 0 aromatic heterocycles. The van der Waals surface area contributed by atoms with Gasteiger partial charge in [-0.25, -0.2) is 0 Å². The average molecular weight is 255 g/mol. The summed E-state index contributed by atoms with van der Waals surface area (Å²) in [5.41, 5.74) is 0.708. The first-order valence-electron chi connectivity index (χ1n) is 5.54. The van der Waals surface area contributed by atoms with E-state index in [0.717, 1.165) is 13.0 Å². The molecule has 1 fully saturated rings. The minimum Gasteiger partial charge on any atom is -0.506 e. The van der Waals surface area contributed by atoms with Crippen LogP contribution in [0.1, 0.15) is 12.0 Å². The van der Waals surface area contributed by atoms with Crippen molar-refractivity contribution in [3.05, 3.63) is 28.8 Å². The third-order valence-corrected chi connectivity index (χ3v) is 3.34. The molecule has 1 aliphatic heterocycles. The van der Waals surface area contributed by atoms with Crippen molar-refractivity contribution >= 4 is 17.5 Å². The van der Waals surface area contributed by atoms with Crippen molar-refractivity contribution in [3.8, 4) is 5.75 Å². The standard InChI is InChI=1S/C12H15ClN2O2/c1-15-6-5-10(12(15)17)14-7-8-3-2-4-9(13)11(8)16/h2-4,10,14,16H,5-7H2,1H3. The van der Waals surface area contributed by atoms with E-state index in [1.807, 2.05) is 0 Å². The largest absolute Gasteiger partial charge is 0.506 e. The van der Waals surface area contributed by atoms with Gasteiger partial charge in [-0.2, -0.15) is 0 Å². The molecule has 1 aromatic carbocycles. The van der Waals surface area contributed by atoms with Gasteiger partial charge in [0.1, 0.15) is 5.75 Å². The Morgan fingerprint density at radius 3 is 3.00 bits per heavy atom. The number of amides is 1. The minimum absolute atomic E-state index is 0.0838. The molecule has 5 heteroatoms. The van der Waals surface area contributed by atoms with Gasteiger partial charge in [0, 0.05) is 25.7 Å². The molecule has 0 bridgehead atoms. The molecule has 4 nitrogen and oxygen atoms in total. The van der Waals surface area contributed by atoms with Crippen molar-refractivity contribution in [2.75, 3.05) is 13.6 Å². The fourth-order valence-electron chi connectivity index (χ4n) is 1.95. The normalized spacial score (nSPS) is 20.0. The highest BCUT2D eigenvalue weighted by Gasteiger charge is 2.28. The molecule has 1 amide bonds. The first-order chi connectivity index (χ1) is 8.09. The lowest BCUT2D eigenvalue weighted by Crippen LogP contribution is -2.36. The van der Waals surface area contributed by atoms with Gasteiger partial charge in [0.25, 0.3) is 0 Å². The summed E-state index contributed by atoms with van der Waals surface area (Å²) in [6, 6.07) is 5.05. The van der Waals surface area contributed by atoms with Crippen LogP contribution in [0.5, 0.6) is 5.75 Å². The number of phenols is 1. The number of nitrogens with one attached hydrogen (secondary N) is 1. The van der Waals surface area contributed by atoms with Crippen molar-refractivity contribution in [1.82, 2.24) is 10.2 Å².